The van der Waals surface area contributed by atoms with E-state index in [4.69, 9.17) is 5.26 Å². The number of nitrogens with zero attached hydrogens (tertiary/aromatic N) is 3. The number of nitrogens with one attached hydrogen (secondary N) is 1. The minimum Gasteiger partial charge on any atom is -0.338 e. The largest absolute Gasteiger partial charge is 0.419 e. The number of halogens is 5. The molecule has 0 bridgehead atoms. The van der Waals surface area contributed by atoms with Gasteiger partial charge in [-0.15, -0.1) is 0 Å². The van der Waals surface area contributed by atoms with E-state index in [1.165, 1.54) is 9.80 Å². The second kappa shape index (κ2) is 7.75. The Morgan fingerprint density at radius 1 is 1.19 bits per heavy atom. The van der Waals surface area contributed by atoms with Crippen LogP contribution in [-0.4, -0.2) is 66.0 Å². The number of alkyl halides is 4. The molecule has 1 aliphatic carbocycles. The first-order valence-electron chi connectivity index (χ1n) is 9.82. The maximum absolute atomic E-state index is 13.5. The van der Waals surface area contributed by atoms with Gasteiger partial charge in [0.2, 0.25) is 5.91 Å². The third kappa shape index (κ3) is 4.08. The number of carbonyl (C=O) groups excluding carboxylic acids is 2. The number of carbonyl (C=O) groups is 2. The van der Waals surface area contributed by atoms with Crippen molar-refractivity contribution in [3.63, 3.8) is 0 Å². The summed E-state index contributed by atoms with van der Waals surface area (Å²) < 4.78 is 65.5. The minimum absolute atomic E-state index is 0.00737. The summed E-state index contributed by atoms with van der Waals surface area (Å²) in [5.74, 6) is -2.29. The summed E-state index contributed by atoms with van der Waals surface area (Å²) in [6.45, 7) is 0.468. The van der Waals surface area contributed by atoms with Crippen LogP contribution in [0, 0.1) is 29.0 Å². The van der Waals surface area contributed by atoms with E-state index in [0.717, 1.165) is 6.07 Å². The fraction of sp³-hybridized carbons (Fsp3) is 0.550. The molecular formula is C20H19F5N4O2. The van der Waals surface area contributed by atoms with Crippen molar-refractivity contribution in [2.24, 2.45) is 11.8 Å². The van der Waals surface area contributed by atoms with Crippen molar-refractivity contribution in [3.8, 4) is 6.07 Å². The van der Waals surface area contributed by atoms with Crippen molar-refractivity contribution in [2.45, 2.75) is 30.9 Å². The van der Waals surface area contributed by atoms with Gasteiger partial charge < -0.3 is 15.1 Å². The molecule has 3 aliphatic rings. The van der Waals surface area contributed by atoms with Crippen LogP contribution in [0.2, 0.25) is 0 Å². The summed E-state index contributed by atoms with van der Waals surface area (Å²) in [5.41, 5.74) is -1.71. The first-order valence-corrected chi connectivity index (χ1v) is 9.82. The normalized spacial score (nSPS) is 29.6. The summed E-state index contributed by atoms with van der Waals surface area (Å²) in [7, 11) is 0. The Morgan fingerprint density at radius 3 is 2.48 bits per heavy atom. The van der Waals surface area contributed by atoms with Gasteiger partial charge in [-0.1, -0.05) is 0 Å². The number of amides is 2. The maximum atomic E-state index is 13.5. The molecule has 4 atom stereocenters. The van der Waals surface area contributed by atoms with Gasteiger partial charge in [0.25, 0.3) is 5.91 Å². The van der Waals surface area contributed by atoms with Crippen LogP contribution < -0.4 is 5.32 Å². The molecule has 1 aromatic rings. The molecule has 4 rings (SSSR count). The quantitative estimate of drug-likeness (QED) is 0.724. The Labute approximate surface area is 174 Å². The highest BCUT2D eigenvalue weighted by Gasteiger charge is 2.56. The molecule has 2 aliphatic heterocycles. The molecule has 3 fully saturated rings. The molecule has 2 unspecified atom stereocenters. The van der Waals surface area contributed by atoms with Crippen LogP contribution in [-0.2, 0) is 11.0 Å². The predicted molar refractivity (Wildman–Crippen MR) is 96.7 cm³/mol. The lowest BCUT2D eigenvalue weighted by molar-refractivity contribution is -0.140. The van der Waals surface area contributed by atoms with Crippen LogP contribution in [0.5, 0.6) is 0 Å². The number of nitriles is 1. The molecule has 1 aromatic carbocycles. The zero-order valence-corrected chi connectivity index (χ0v) is 16.2. The molecule has 2 heterocycles. The fourth-order valence-corrected chi connectivity index (χ4v) is 4.54. The van der Waals surface area contributed by atoms with E-state index in [2.05, 4.69) is 5.32 Å². The van der Waals surface area contributed by atoms with E-state index in [1.54, 1.807) is 0 Å². The number of benzene rings is 1. The predicted octanol–water partition coefficient (Wildman–Crippen LogP) is 1.97. The van der Waals surface area contributed by atoms with Gasteiger partial charge in [-0.25, -0.2) is 8.78 Å². The monoisotopic (exact) mass is 442 g/mol. The van der Waals surface area contributed by atoms with Crippen molar-refractivity contribution >= 4 is 11.8 Å². The summed E-state index contributed by atoms with van der Waals surface area (Å²) >= 11 is 0. The van der Waals surface area contributed by atoms with Crippen LogP contribution >= 0.6 is 0 Å². The van der Waals surface area contributed by atoms with Crippen LogP contribution in [0.15, 0.2) is 18.2 Å². The minimum atomic E-state index is -4.89. The Hall–Kier alpha value is -2.74. The van der Waals surface area contributed by atoms with Gasteiger partial charge in [0.05, 0.1) is 24.7 Å². The third-order valence-electron chi connectivity index (χ3n) is 6.21. The lowest BCUT2D eigenvalue weighted by Crippen LogP contribution is -2.43. The summed E-state index contributed by atoms with van der Waals surface area (Å²) in [4.78, 5) is 27.4. The molecule has 0 aromatic heterocycles. The van der Waals surface area contributed by atoms with E-state index in [1.807, 2.05) is 6.07 Å². The Balaban J connectivity index is 1.30. The van der Waals surface area contributed by atoms with Gasteiger partial charge in [0.15, 0.2) is 0 Å². The molecule has 11 heteroatoms. The highest BCUT2D eigenvalue weighted by molar-refractivity contribution is 5.94. The maximum Gasteiger partial charge on any atom is 0.419 e. The number of fused-ring (bicyclic) bond motifs is 1. The topological polar surface area (TPSA) is 76.4 Å². The van der Waals surface area contributed by atoms with Gasteiger partial charge in [-0.05, 0) is 30.0 Å². The first-order chi connectivity index (χ1) is 14.6. The van der Waals surface area contributed by atoms with E-state index in [0.29, 0.717) is 25.2 Å². The van der Waals surface area contributed by atoms with Gasteiger partial charge >= 0.3 is 6.18 Å². The number of rotatable bonds is 4. The second-order valence-electron chi connectivity index (χ2n) is 8.16. The highest BCUT2D eigenvalue weighted by Crippen LogP contribution is 2.46. The molecule has 6 nitrogen and oxygen atoms in total. The van der Waals surface area contributed by atoms with Crippen molar-refractivity contribution < 1.29 is 31.5 Å². The van der Waals surface area contributed by atoms with E-state index in [-0.39, 0.29) is 48.9 Å². The number of likely N-dealkylation sites (tertiary alicyclic amines) is 2. The Kier molecular flexibility index (Phi) is 5.37. The fourth-order valence-electron chi connectivity index (χ4n) is 4.54. The van der Waals surface area contributed by atoms with Crippen molar-refractivity contribution in [1.82, 2.24) is 15.1 Å². The van der Waals surface area contributed by atoms with Gasteiger partial charge in [-0.2, -0.15) is 18.4 Å². The Bertz CT molecular complexity index is 934. The van der Waals surface area contributed by atoms with Gasteiger partial charge in [-0.3, -0.25) is 9.59 Å². The lowest BCUT2D eigenvalue weighted by atomic mass is 10.1. The Morgan fingerprint density at radius 2 is 1.87 bits per heavy atom. The molecule has 1 N–H and O–H groups in total. The average Bonchev–Trinajstić information content (AvgIpc) is 3.05. The van der Waals surface area contributed by atoms with Crippen molar-refractivity contribution in [1.29, 1.82) is 5.26 Å². The zero-order chi connectivity index (χ0) is 22.5. The molecule has 2 amide bonds. The van der Waals surface area contributed by atoms with Crippen LogP contribution in [0.3, 0.4) is 0 Å². The van der Waals surface area contributed by atoms with Crippen LogP contribution in [0.1, 0.15) is 22.3 Å². The second-order valence-corrected chi connectivity index (χ2v) is 8.16. The van der Waals surface area contributed by atoms with Crippen molar-refractivity contribution in [3.05, 3.63) is 35.1 Å². The standard InChI is InChI=1S/C20H19F5N4O2/c21-11-4-12(5-26)29(7-11)17(30)6-27-18-13-8-28(9-14(13)18)19(31)10-1-2-16(22)15(3-10)20(23,24)25/h1-3,11-14,18,27H,4,6-9H2/t11-,12-,13?,14?,18?/m0/s1. The zero-order valence-electron chi connectivity index (χ0n) is 16.2. The molecule has 0 radical (unpaired) electrons. The van der Waals surface area contributed by atoms with Crippen LogP contribution in [0.4, 0.5) is 22.0 Å². The van der Waals surface area contributed by atoms with E-state index < -0.39 is 35.7 Å². The average molecular weight is 442 g/mol. The smallest absolute Gasteiger partial charge is 0.338 e. The van der Waals surface area contributed by atoms with Gasteiger partial charge in [0, 0.05) is 31.1 Å². The SMILES string of the molecule is N#C[C@@H]1C[C@H](F)CN1C(=O)CNC1C2CN(C(=O)c3ccc(F)c(C(F)(F)F)c3)CC21. The summed E-state index contributed by atoms with van der Waals surface area (Å²) in [5, 5.41) is 12.1. The first kappa shape index (κ1) is 21.5. The summed E-state index contributed by atoms with van der Waals surface area (Å²) in [6.07, 6.45) is -6.09. The van der Waals surface area contributed by atoms with Crippen LogP contribution in [0.25, 0.3) is 0 Å². The van der Waals surface area contributed by atoms with Crippen molar-refractivity contribution in [2.75, 3.05) is 26.2 Å². The highest BCUT2D eigenvalue weighted by atomic mass is 19.4. The molecular weight excluding hydrogens is 423 g/mol. The van der Waals surface area contributed by atoms with E-state index >= 15 is 0 Å². The summed E-state index contributed by atoms with van der Waals surface area (Å²) in [6, 6.07) is 3.31. The molecule has 166 valence electrons. The molecule has 0 spiro atoms. The van der Waals surface area contributed by atoms with E-state index in [9.17, 15) is 31.5 Å². The molecule has 31 heavy (non-hydrogen) atoms. The molecule has 2 saturated heterocycles. The number of hydrogen-bond acceptors (Lipinski definition) is 4. The van der Waals surface area contributed by atoms with Gasteiger partial charge in [0.1, 0.15) is 18.0 Å². The number of hydrogen-bond donors (Lipinski definition) is 1. The number of piperidine rings is 1. The lowest BCUT2D eigenvalue weighted by Gasteiger charge is -2.22. The third-order valence-corrected chi connectivity index (χ3v) is 6.21. The molecule has 1 saturated carbocycles.